The molecule has 184 valence electrons. The number of aromatic hydroxyl groups is 1. The van der Waals surface area contributed by atoms with E-state index in [1.54, 1.807) is 19.1 Å². The standard InChI is InChI=1S/C25H25NO9/c1-11-10-15-18(21(28)17(11)12-6-5-7-13(20(12)26)23(30)33-3)22(29)19-14(32-2)8-9-16(27)25(19,35-15)24(31)34-4/h5-7,10,16,27-28H,8-9,26H2,1-4H3/t16-,25+/m1/s1. The van der Waals surface area contributed by atoms with Gasteiger partial charge in [-0.05, 0) is 31.0 Å². The first-order valence-electron chi connectivity index (χ1n) is 10.8. The number of aliphatic hydroxyl groups excluding tert-OH is 1. The number of ketones is 1. The second-order valence-electron chi connectivity index (χ2n) is 8.26. The molecule has 4 N–H and O–H groups in total. The van der Waals surface area contributed by atoms with Crippen LogP contribution in [0, 0.1) is 6.92 Å². The van der Waals surface area contributed by atoms with Crippen LogP contribution in [0.1, 0.15) is 39.1 Å². The van der Waals surface area contributed by atoms with Gasteiger partial charge in [-0.2, -0.15) is 0 Å². The number of allylic oxidation sites excluding steroid dienone is 1. The van der Waals surface area contributed by atoms with Crippen LogP contribution in [0.4, 0.5) is 5.69 Å². The van der Waals surface area contributed by atoms with Gasteiger partial charge in [-0.15, -0.1) is 0 Å². The first-order chi connectivity index (χ1) is 16.6. The van der Waals surface area contributed by atoms with Crippen LogP contribution in [0.5, 0.6) is 11.5 Å². The zero-order valence-corrected chi connectivity index (χ0v) is 19.6. The Morgan fingerprint density at radius 1 is 1.17 bits per heavy atom. The SMILES string of the molecule is COC(=O)c1cccc(-c2c(C)cc3c(c2O)C(=O)C2=C(OC)CC[C@@H](O)[C@]2(C(=O)OC)O3)c1N. The minimum atomic E-state index is -2.15. The van der Waals surface area contributed by atoms with Gasteiger partial charge in [0, 0.05) is 17.5 Å². The summed E-state index contributed by atoms with van der Waals surface area (Å²) in [7, 11) is 3.68. The van der Waals surface area contributed by atoms with Crippen molar-refractivity contribution in [1.82, 2.24) is 0 Å². The molecular weight excluding hydrogens is 458 g/mol. The van der Waals surface area contributed by atoms with Gasteiger partial charge in [0.05, 0.1) is 38.2 Å². The van der Waals surface area contributed by atoms with Gasteiger partial charge >= 0.3 is 11.9 Å². The van der Waals surface area contributed by atoms with Gasteiger partial charge in [0.25, 0.3) is 5.60 Å². The molecule has 0 radical (unpaired) electrons. The number of aryl methyl sites for hydroxylation is 1. The molecule has 0 saturated heterocycles. The molecule has 0 fully saturated rings. The molecule has 1 aliphatic carbocycles. The smallest absolute Gasteiger partial charge is 0.358 e. The molecule has 2 aromatic rings. The third-order valence-electron chi connectivity index (χ3n) is 6.47. The number of aliphatic hydroxyl groups is 1. The van der Waals surface area contributed by atoms with Crippen molar-refractivity contribution in [3.63, 3.8) is 0 Å². The number of phenolic OH excluding ortho intramolecular Hbond substituents is 1. The summed E-state index contributed by atoms with van der Waals surface area (Å²) in [5.41, 5.74) is 4.70. The summed E-state index contributed by atoms with van der Waals surface area (Å²) in [6.45, 7) is 1.64. The summed E-state index contributed by atoms with van der Waals surface area (Å²) >= 11 is 0. The molecular formula is C25H25NO9. The summed E-state index contributed by atoms with van der Waals surface area (Å²) in [6, 6.07) is 6.10. The second-order valence-corrected chi connectivity index (χ2v) is 8.26. The van der Waals surface area contributed by atoms with Crippen LogP contribution in [0.3, 0.4) is 0 Å². The zero-order chi connectivity index (χ0) is 25.7. The van der Waals surface area contributed by atoms with Crippen molar-refractivity contribution in [1.29, 1.82) is 0 Å². The summed E-state index contributed by atoms with van der Waals surface area (Å²) in [6.07, 6.45) is -1.14. The molecule has 1 heterocycles. The lowest BCUT2D eigenvalue weighted by Gasteiger charge is -2.43. The maximum atomic E-state index is 13.8. The maximum absolute atomic E-state index is 13.8. The first-order valence-corrected chi connectivity index (χ1v) is 10.8. The van der Waals surface area contributed by atoms with E-state index in [0.29, 0.717) is 11.1 Å². The molecule has 2 atom stereocenters. The van der Waals surface area contributed by atoms with Crippen LogP contribution >= 0.6 is 0 Å². The Kier molecular flexibility index (Phi) is 5.93. The number of esters is 2. The highest BCUT2D eigenvalue weighted by Crippen LogP contribution is 2.51. The lowest BCUT2D eigenvalue weighted by atomic mass is 9.73. The number of para-hydroxylation sites is 1. The van der Waals surface area contributed by atoms with Crippen LogP contribution in [-0.4, -0.2) is 61.0 Å². The van der Waals surface area contributed by atoms with Gasteiger partial charge < -0.3 is 34.9 Å². The molecule has 2 aromatic carbocycles. The first kappa shape index (κ1) is 24.1. The monoisotopic (exact) mass is 483 g/mol. The van der Waals surface area contributed by atoms with Gasteiger partial charge in [0.15, 0.2) is 0 Å². The number of Topliss-reactive ketones (excluding diaryl/α,β-unsaturated/α-hetero) is 1. The minimum Gasteiger partial charge on any atom is -0.506 e. The molecule has 0 saturated carbocycles. The fraction of sp³-hybridized carbons (Fsp3) is 0.320. The van der Waals surface area contributed by atoms with Crippen LogP contribution in [0.15, 0.2) is 35.6 Å². The molecule has 0 bridgehead atoms. The van der Waals surface area contributed by atoms with Gasteiger partial charge in [-0.3, -0.25) is 4.79 Å². The minimum absolute atomic E-state index is 0.0515. The number of ether oxygens (including phenoxy) is 4. The fourth-order valence-corrected chi connectivity index (χ4v) is 4.80. The van der Waals surface area contributed by atoms with Crippen molar-refractivity contribution in [3.05, 3.63) is 52.3 Å². The molecule has 10 nitrogen and oxygen atoms in total. The number of rotatable bonds is 4. The highest BCUT2D eigenvalue weighted by atomic mass is 16.6. The van der Waals surface area contributed by atoms with E-state index in [-0.39, 0.29) is 52.3 Å². The lowest BCUT2D eigenvalue weighted by molar-refractivity contribution is -0.167. The number of hydrogen-bond acceptors (Lipinski definition) is 10. The van der Waals surface area contributed by atoms with Crippen molar-refractivity contribution < 1.29 is 43.5 Å². The molecule has 0 amide bonds. The Bertz CT molecular complexity index is 1300. The Morgan fingerprint density at radius 3 is 2.51 bits per heavy atom. The van der Waals surface area contributed by atoms with Gasteiger partial charge in [0.1, 0.15) is 28.9 Å². The average molecular weight is 483 g/mol. The average Bonchev–Trinajstić information content (AvgIpc) is 2.84. The number of carbonyl (C=O) groups excluding carboxylic acids is 3. The number of carbonyl (C=O) groups is 3. The third kappa shape index (κ3) is 3.32. The Balaban J connectivity index is 2.01. The highest BCUT2D eigenvalue weighted by Gasteiger charge is 2.61. The highest BCUT2D eigenvalue weighted by molar-refractivity contribution is 6.20. The van der Waals surface area contributed by atoms with Gasteiger partial charge in [-0.1, -0.05) is 12.1 Å². The molecule has 4 rings (SSSR count). The number of nitrogens with two attached hydrogens (primary N) is 1. The molecule has 2 aliphatic rings. The number of anilines is 1. The van der Waals surface area contributed by atoms with E-state index < -0.39 is 35.2 Å². The molecule has 35 heavy (non-hydrogen) atoms. The van der Waals surface area contributed by atoms with Crippen LogP contribution in [-0.2, 0) is 19.0 Å². The van der Waals surface area contributed by atoms with Gasteiger partial charge in [-0.25, -0.2) is 9.59 Å². The predicted octanol–water partition coefficient (Wildman–Crippen LogP) is 2.28. The Labute approximate surface area is 200 Å². The van der Waals surface area contributed by atoms with E-state index >= 15 is 0 Å². The maximum Gasteiger partial charge on any atom is 0.358 e. The fourth-order valence-electron chi connectivity index (χ4n) is 4.80. The lowest BCUT2D eigenvalue weighted by Crippen LogP contribution is -2.61. The van der Waals surface area contributed by atoms with Crippen molar-refractivity contribution in [3.8, 4) is 22.6 Å². The van der Waals surface area contributed by atoms with Crippen molar-refractivity contribution in [2.75, 3.05) is 27.1 Å². The van der Waals surface area contributed by atoms with E-state index in [0.717, 1.165) is 7.11 Å². The quantitative estimate of drug-likeness (QED) is 0.436. The number of methoxy groups -OCH3 is 3. The topological polar surface area (TPSA) is 155 Å². The van der Waals surface area contributed by atoms with Gasteiger partial charge in [0.2, 0.25) is 5.78 Å². The molecule has 0 aromatic heterocycles. The predicted molar refractivity (Wildman–Crippen MR) is 123 cm³/mol. The van der Waals surface area contributed by atoms with E-state index in [1.165, 1.54) is 26.4 Å². The number of benzene rings is 2. The normalized spacial score (nSPS) is 20.9. The van der Waals surface area contributed by atoms with E-state index in [9.17, 15) is 24.6 Å². The van der Waals surface area contributed by atoms with Crippen LogP contribution in [0.25, 0.3) is 11.1 Å². The zero-order valence-electron chi connectivity index (χ0n) is 19.6. The summed E-state index contributed by atoms with van der Waals surface area (Å²) in [5, 5.41) is 22.2. The Hall–Kier alpha value is -4.05. The summed E-state index contributed by atoms with van der Waals surface area (Å²) < 4.78 is 21.1. The van der Waals surface area contributed by atoms with Crippen molar-refractivity contribution in [2.45, 2.75) is 31.5 Å². The largest absolute Gasteiger partial charge is 0.506 e. The Morgan fingerprint density at radius 2 is 1.89 bits per heavy atom. The number of hydrogen-bond donors (Lipinski definition) is 3. The number of fused-ring (bicyclic) bond motifs is 2. The number of phenols is 1. The van der Waals surface area contributed by atoms with E-state index in [4.69, 9.17) is 24.7 Å². The van der Waals surface area contributed by atoms with E-state index in [2.05, 4.69) is 0 Å². The van der Waals surface area contributed by atoms with Crippen molar-refractivity contribution in [2.24, 2.45) is 0 Å². The van der Waals surface area contributed by atoms with Crippen LogP contribution in [0.2, 0.25) is 0 Å². The summed E-state index contributed by atoms with van der Waals surface area (Å²) in [4.78, 5) is 38.9. The van der Waals surface area contributed by atoms with E-state index in [1.807, 2.05) is 0 Å². The molecule has 0 unspecified atom stereocenters. The summed E-state index contributed by atoms with van der Waals surface area (Å²) in [5.74, 6) is -2.81. The molecule has 10 heteroatoms. The third-order valence-corrected chi connectivity index (χ3v) is 6.47. The molecule has 0 spiro atoms. The number of nitrogen functional groups attached to an aromatic ring is 1. The van der Waals surface area contributed by atoms with Crippen LogP contribution < -0.4 is 10.5 Å². The second kappa shape index (κ2) is 8.62. The van der Waals surface area contributed by atoms with Crippen molar-refractivity contribution >= 4 is 23.4 Å². The molecule has 1 aliphatic heterocycles.